The van der Waals surface area contributed by atoms with Gasteiger partial charge >= 0.3 is 0 Å². The van der Waals surface area contributed by atoms with Gasteiger partial charge in [0.2, 0.25) is 0 Å². The summed E-state index contributed by atoms with van der Waals surface area (Å²) in [6.45, 7) is 4.43. The summed E-state index contributed by atoms with van der Waals surface area (Å²) in [4.78, 5) is 13.4. The lowest BCUT2D eigenvalue weighted by molar-refractivity contribution is 0.0801. The van der Waals surface area contributed by atoms with E-state index in [1.54, 1.807) is 17.8 Å². The number of likely N-dealkylation sites (N-methyl/N-ethyl adjacent to an activating group) is 1. The number of nitrogens with two attached hydrogens (primary N) is 1. The number of aryl methyl sites for hydroxylation is 2. The summed E-state index contributed by atoms with van der Waals surface area (Å²) in [6.07, 6.45) is 0. The summed E-state index contributed by atoms with van der Waals surface area (Å²) >= 11 is 0. The van der Waals surface area contributed by atoms with Crippen LogP contribution in [0.1, 0.15) is 23.1 Å². The van der Waals surface area contributed by atoms with Crippen LogP contribution in [0, 0.1) is 6.92 Å². The van der Waals surface area contributed by atoms with E-state index in [-0.39, 0.29) is 18.3 Å². The van der Waals surface area contributed by atoms with Crippen LogP contribution >= 0.6 is 0 Å². The Morgan fingerprint density at radius 3 is 2.88 bits per heavy atom. The van der Waals surface area contributed by atoms with E-state index in [0.717, 1.165) is 5.69 Å². The van der Waals surface area contributed by atoms with E-state index in [1.807, 2.05) is 13.8 Å². The zero-order valence-corrected chi connectivity index (χ0v) is 10.2. The molecule has 0 aliphatic carbocycles. The van der Waals surface area contributed by atoms with Crippen LogP contribution in [0.2, 0.25) is 0 Å². The van der Waals surface area contributed by atoms with Crippen LogP contribution < -0.4 is 5.73 Å². The van der Waals surface area contributed by atoms with Crippen molar-refractivity contribution in [2.24, 2.45) is 10.9 Å². The molecule has 0 aliphatic rings. The molecule has 0 saturated carbocycles. The molecule has 17 heavy (non-hydrogen) atoms. The van der Waals surface area contributed by atoms with Crippen LogP contribution in [0.5, 0.6) is 0 Å². The molecule has 7 nitrogen and oxygen atoms in total. The predicted molar refractivity (Wildman–Crippen MR) is 63.0 cm³/mol. The van der Waals surface area contributed by atoms with E-state index in [4.69, 9.17) is 10.9 Å². The molecule has 0 aliphatic heterocycles. The normalized spacial score (nSPS) is 11.6. The van der Waals surface area contributed by atoms with E-state index in [9.17, 15) is 4.79 Å². The minimum absolute atomic E-state index is 0.0138. The van der Waals surface area contributed by atoms with Crippen molar-refractivity contribution in [3.05, 3.63) is 17.5 Å². The van der Waals surface area contributed by atoms with E-state index in [1.165, 1.54) is 4.90 Å². The van der Waals surface area contributed by atoms with E-state index < -0.39 is 0 Å². The zero-order valence-electron chi connectivity index (χ0n) is 10.2. The van der Waals surface area contributed by atoms with Gasteiger partial charge in [-0.15, -0.1) is 0 Å². The first-order chi connectivity index (χ1) is 7.99. The fourth-order valence-corrected chi connectivity index (χ4v) is 1.50. The van der Waals surface area contributed by atoms with E-state index in [2.05, 4.69) is 10.3 Å². The molecule has 0 fully saturated rings. The molecule has 0 bridgehead atoms. The second kappa shape index (κ2) is 5.33. The maximum atomic E-state index is 12.1. The molecule has 0 saturated heterocycles. The fourth-order valence-electron chi connectivity index (χ4n) is 1.50. The number of amidine groups is 1. The van der Waals surface area contributed by atoms with Gasteiger partial charge in [-0.3, -0.25) is 9.48 Å². The van der Waals surface area contributed by atoms with Gasteiger partial charge in [-0.05, 0) is 19.9 Å². The first-order valence-electron chi connectivity index (χ1n) is 5.25. The summed E-state index contributed by atoms with van der Waals surface area (Å²) in [5.74, 6) is -0.223. The number of amides is 1. The van der Waals surface area contributed by atoms with Gasteiger partial charge in [0.05, 0.1) is 12.2 Å². The molecule has 1 aromatic rings. The third-order valence-electron chi connectivity index (χ3n) is 2.30. The molecule has 1 aromatic heterocycles. The van der Waals surface area contributed by atoms with Crippen LogP contribution in [0.25, 0.3) is 0 Å². The number of aromatic nitrogens is 2. The first-order valence-corrected chi connectivity index (χ1v) is 5.25. The Hall–Kier alpha value is -2.05. The van der Waals surface area contributed by atoms with Crippen LogP contribution in [-0.2, 0) is 6.54 Å². The summed E-state index contributed by atoms with van der Waals surface area (Å²) < 4.78 is 1.63. The minimum Gasteiger partial charge on any atom is -0.409 e. The molecular formula is C10H17N5O2. The highest BCUT2D eigenvalue weighted by molar-refractivity contribution is 5.95. The summed E-state index contributed by atoms with van der Waals surface area (Å²) in [5, 5.41) is 15.5. The van der Waals surface area contributed by atoms with Crippen LogP contribution in [0.3, 0.4) is 0 Å². The minimum atomic E-state index is -0.209. The smallest absolute Gasteiger partial charge is 0.272 e. The van der Waals surface area contributed by atoms with Crippen molar-refractivity contribution < 1.29 is 10.0 Å². The Morgan fingerprint density at radius 2 is 2.35 bits per heavy atom. The van der Waals surface area contributed by atoms with Crippen molar-refractivity contribution in [3.8, 4) is 0 Å². The second-order valence-electron chi connectivity index (χ2n) is 3.74. The molecule has 0 radical (unpaired) electrons. The van der Waals surface area contributed by atoms with Crippen LogP contribution in [0.4, 0.5) is 0 Å². The number of rotatable bonds is 4. The van der Waals surface area contributed by atoms with Crippen LogP contribution in [0.15, 0.2) is 11.2 Å². The second-order valence-corrected chi connectivity index (χ2v) is 3.74. The lowest BCUT2D eigenvalue weighted by atomic mass is 10.3. The third kappa shape index (κ3) is 2.96. The SMILES string of the molecule is CCn1nc(C)cc1C(=O)N(C)CC(N)=NO. The number of carbonyl (C=O) groups excluding carboxylic acids is 1. The molecular weight excluding hydrogens is 222 g/mol. The average molecular weight is 239 g/mol. The van der Waals surface area contributed by atoms with Gasteiger partial charge < -0.3 is 15.8 Å². The molecule has 1 heterocycles. The molecule has 94 valence electrons. The highest BCUT2D eigenvalue weighted by atomic mass is 16.4. The average Bonchev–Trinajstić information content (AvgIpc) is 2.69. The molecule has 0 spiro atoms. The maximum absolute atomic E-state index is 12.1. The third-order valence-corrected chi connectivity index (χ3v) is 2.30. The standard InChI is InChI=1S/C10H17N5O2/c1-4-15-8(5-7(2)12-15)10(16)14(3)6-9(11)13-17/h5,17H,4,6H2,1-3H3,(H2,11,13). The van der Waals surface area contributed by atoms with Crippen molar-refractivity contribution in [1.29, 1.82) is 0 Å². The lowest BCUT2D eigenvalue weighted by Crippen LogP contribution is -2.36. The van der Waals surface area contributed by atoms with Gasteiger partial charge in [0.1, 0.15) is 5.69 Å². The molecule has 0 unspecified atom stereocenters. The summed E-state index contributed by atoms with van der Waals surface area (Å²) in [6, 6.07) is 1.72. The van der Waals surface area contributed by atoms with E-state index in [0.29, 0.717) is 12.2 Å². The summed E-state index contributed by atoms with van der Waals surface area (Å²) in [5.41, 5.74) is 6.63. The maximum Gasteiger partial charge on any atom is 0.272 e. The Kier molecular flexibility index (Phi) is 4.08. The highest BCUT2D eigenvalue weighted by Crippen LogP contribution is 2.06. The van der Waals surface area contributed by atoms with Gasteiger partial charge in [-0.25, -0.2) is 0 Å². The molecule has 7 heteroatoms. The number of hydrogen-bond acceptors (Lipinski definition) is 4. The number of nitrogens with zero attached hydrogens (tertiary/aromatic N) is 4. The quantitative estimate of drug-likeness (QED) is 0.335. The largest absolute Gasteiger partial charge is 0.409 e. The molecule has 1 rings (SSSR count). The van der Waals surface area contributed by atoms with Crippen LogP contribution in [-0.4, -0.2) is 45.2 Å². The fraction of sp³-hybridized carbons (Fsp3) is 0.500. The van der Waals surface area contributed by atoms with Gasteiger partial charge in [0.25, 0.3) is 5.91 Å². The summed E-state index contributed by atoms with van der Waals surface area (Å²) in [7, 11) is 1.59. The van der Waals surface area contributed by atoms with Gasteiger partial charge in [-0.1, -0.05) is 5.16 Å². The van der Waals surface area contributed by atoms with Gasteiger partial charge in [0.15, 0.2) is 5.84 Å². The monoisotopic (exact) mass is 239 g/mol. The predicted octanol–water partition coefficient (Wildman–Crippen LogP) is 0.0298. The number of oxime groups is 1. The zero-order chi connectivity index (χ0) is 13.0. The van der Waals surface area contributed by atoms with Crippen molar-refractivity contribution in [1.82, 2.24) is 14.7 Å². The van der Waals surface area contributed by atoms with Crippen molar-refractivity contribution in [2.75, 3.05) is 13.6 Å². The number of hydrogen-bond donors (Lipinski definition) is 2. The Labute approximate surface area is 99.5 Å². The number of carbonyl (C=O) groups is 1. The van der Waals surface area contributed by atoms with Crippen molar-refractivity contribution in [3.63, 3.8) is 0 Å². The topological polar surface area (TPSA) is 96.7 Å². The first kappa shape index (κ1) is 13.0. The van der Waals surface area contributed by atoms with E-state index >= 15 is 0 Å². The molecule has 0 atom stereocenters. The molecule has 1 amide bonds. The van der Waals surface area contributed by atoms with Gasteiger partial charge in [-0.2, -0.15) is 5.10 Å². The highest BCUT2D eigenvalue weighted by Gasteiger charge is 2.18. The lowest BCUT2D eigenvalue weighted by Gasteiger charge is -2.16. The Balaban J connectivity index is 2.88. The Bertz CT molecular complexity index is 438. The Morgan fingerprint density at radius 1 is 1.71 bits per heavy atom. The molecule has 3 N–H and O–H groups in total. The van der Waals surface area contributed by atoms with Gasteiger partial charge in [0, 0.05) is 13.6 Å². The molecule has 0 aromatic carbocycles. The van der Waals surface area contributed by atoms with Crippen molar-refractivity contribution >= 4 is 11.7 Å². The van der Waals surface area contributed by atoms with Crippen molar-refractivity contribution in [2.45, 2.75) is 20.4 Å².